The van der Waals surface area contributed by atoms with Crippen LogP contribution in [0.5, 0.6) is 0 Å². The van der Waals surface area contributed by atoms with Gasteiger partial charge in [0.1, 0.15) is 0 Å². The molecule has 3 N–H and O–H groups in total. The van der Waals surface area contributed by atoms with Crippen LogP contribution in [0.15, 0.2) is 42.5 Å². The maximum absolute atomic E-state index is 12.8. The SMILES string of the molecule is Cc1cc(Cc2ccc(NN)nn2)n(C)c1C(=O)c1ccc(Cl)cc1. The number of ketones is 1. The van der Waals surface area contributed by atoms with E-state index in [0.29, 0.717) is 28.5 Å². The molecule has 0 amide bonds. The van der Waals surface area contributed by atoms with Crippen molar-refractivity contribution in [1.82, 2.24) is 14.8 Å². The number of anilines is 1. The highest BCUT2D eigenvalue weighted by molar-refractivity contribution is 6.30. The van der Waals surface area contributed by atoms with Crippen molar-refractivity contribution < 1.29 is 4.79 Å². The van der Waals surface area contributed by atoms with Crippen LogP contribution < -0.4 is 11.3 Å². The molecule has 0 aliphatic heterocycles. The molecule has 0 radical (unpaired) electrons. The molecule has 1 aromatic carbocycles. The topological polar surface area (TPSA) is 85.8 Å². The van der Waals surface area contributed by atoms with Gasteiger partial charge in [-0.05, 0) is 55.0 Å². The zero-order valence-corrected chi connectivity index (χ0v) is 14.7. The van der Waals surface area contributed by atoms with Gasteiger partial charge in [0.15, 0.2) is 5.82 Å². The van der Waals surface area contributed by atoms with Gasteiger partial charge >= 0.3 is 0 Å². The highest BCUT2D eigenvalue weighted by Gasteiger charge is 2.18. The van der Waals surface area contributed by atoms with Gasteiger partial charge in [-0.25, -0.2) is 5.84 Å². The smallest absolute Gasteiger partial charge is 0.209 e. The van der Waals surface area contributed by atoms with Gasteiger partial charge in [0.2, 0.25) is 5.78 Å². The Morgan fingerprint density at radius 2 is 1.92 bits per heavy atom. The van der Waals surface area contributed by atoms with Gasteiger partial charge in [-0.3, -0.25) is 4.79 Å². The Labute approximate surface area is 150 Å². The van der Waals surface area contributed by atoms with Crippen LogP contribution in [0.2, 0.25) is 5.02 Å². The number of hydrogen-bond donors (Lipinski definition) is 2. The molecule has 0 aliphatic carbocycles. The minimum absolute atomic E-state index is 0.0309. The first kappa shape index (κ1) is 17.1. The second kappa shape index (κ2) is 7.04. The van der Waals surface area contributed by atoms with Crippen LogP contribution in [0.3, 0.4) is 0 Å². The Bertz CT molecular complexity index is 900. The molecule has 0 atom stereocenters. The molecule has 25 heavy (non-hydrogen) atoms. The number of nitrogens with two attached hydrogens (primary N) is 1. The first-order valence-electron chi connectivity index (χ1n) is 7.74. The fourth-order valence-electron chi connectivity index (χ4n) is 2.78. The normalized spacial score (nSPS) is 10.7. The van der Waals surface area contributed by atoms with Crippen molar-refractivity contribution in [3.05, 3.63) is 75.7 Å². The molecule has 0 bridgehead atoms. The quantitative estimate of drug-likeness (QED) is 0.417. The van der Waals surface area contributed by atoms with E-state index in [9.17, 15) is 4.79 Å². The largest absolute Gasteiger partial charge is 0.344 e. The molecule has 0 spiro atoms. The third kappa shape index (κ3) is 3.55. The molecular formula is C18H18ClN5O. The molecule has 128 valence electrons. The third-order valence-electron chi connectivity index (χ3n) is 4.07. The van der Waals surface area contributed by atoms with E-state index in [2.05, 4.69) is 15.6 Å². The summed E-state index contributed by atoms with van der Waals surface area (Å²) in [5.41, 5.74) is 6.42. The van der Waals surface area contributed by atoms with Crippen LogP contribution in [0.4, 0.5) is 5.82 Å². The minimum Gasteiger partial charge on any atom is -0.344 e. The molecule has 7 heteroatoms. The lowest BCUT2D eigenvalue weighted by Gasteiger charge is -2.08. The summed E-state index contributed by atoms with van der Waals surface area (Å²) in [6.45, 7) is 1.93. The third-order valence-corrected chi connectivity index (χ3v) is 4.33. The van der Waals surface area contributed by atoms with Crippen molar-refractivity contribution >= 4 is 23.2 Å². The average molecular weight is 356 g/mol. The van der Waals surface area contributed by atoms with E-state index in [-0.39, 0.29) is 5.78 Å². The number of nitrogen functional groups attached to an aromatic ring is 1. The van der Waals surface area contributed by atoms with E-state index >= 15 is 0 Å². The molecule has 0 unspecified atom stereocenters. The maximum Gasteiger partial charge on any atom is 0.209 e. The molecule has 6 nitrogen and oxygen atoms in total. The van der Waals surface area contributed by atoms with Gasteiger partial charge in [-0.2, -0.15) is 5.10 Å². The lowest BCUT2D eigenvalue weighted by Crippen LogP contribution is -2.12. The number of hydrazine groups is 1. The van der Waals surface area contributed by atoms with Crippen LogP contribution in [0, 0.1) is 6.92 Å². The van der Waals surface area contributed by atoms with Crippen molar-refractivity contribution in [2.75, 3.05) is 5.43 Å². The van der Waals surface area contributed by atoms with E-state index in [1.807, 2.05) is 30.7 Å². The summed E-state index contributed by atoms with van der Waals surface area (Å²) in [5.74, 6) is 5.77. The first-order chi connectivity index (χ1) is 12.0. The lowest BCUT2D eigenvalue weighted by molar-refractivity contribution is 0.103. The number of carbonyl (C=O) groups is 1. The van der Waals surface area contributed by atoms with E-state index in [1.54, 1.807) is 30.3 Å². The Balaban J connectivity index is 1.89. The molecule has 2 heterocycles. The summed E-state index contributed by atoms with van der Waals surface area (Å²) >= 11 is 5.90. The maximum atomic E-state index is 12.8. The number of benzene rings is 1. The Kier molecular flexibility index (Phi) is 4.83. The lowest BCUT2D eigenvalue weighted by atomic mass is 10.1. The summed E-state index contributed by atoms with van der Waals surface area (Å²) in [5, 5.41) is 8.71. The summed E-state index contributed by atoms with van der Waals surface area (Å²) in [6.07, 6.45) is 0.573. The monoisotopic (exact) mass is 355 g/mol. The first-order valence-corrected chi connectivity index (χ1v) is 8.12. The highest BCUT2D eigenvalue weighted by atomic mass is 35.5. The molecule has 2 aromatic heterocycles. The Morgan fingerprint density at radius 3 is 2.52 bits per heavy atom. The number of rotatable bonds is 5. The zero-order chi connectivity index (χ0) is 18.0. The van der Waals surface area contributed by atoms with Gasteiger partial charge in [-0.15, -0.1) is 5.10 Å². The number of halogens is 1. The van der Waals surface area contributed by atoms with Crippen molar-refractivity contribution in [3.8, 4) is 0 Å². The predicted molar refractivity (Wildman–Crippen MR) is 97.7 cm³/mol. The standard InChI is InChI=1S/C18H18ClN5O/c1-11-9-15(10-14-7-8-16(21-20)23-22-14)24(2)17(11)18(25)12-3-5-13(19)6-4-12/h3-9H,10,20H2,1-2H3,(H,21,23). The van der Waals surface area contributed by atoms with Crippen LogP contribution in [-0.2, 0) is 13.5 Å². The molecular weight excluding hydrogens is 338 g/mol. The highest BCUT2D eigenvalue weighted by Crippen LogP contribution is 2.21. The summed E-state index contributed by atoms with van der Waals surface area (Å²) in [4.78, 5) is 12.8. The Morgan fingerprint density at radius 1 is 1.20 bits per heavy atom. The Hall–Kier alpha value is -2.70. The van der Waals surface area contributed by atoms with Gasteiger partial charge in [-0.1, -0.05) is 11.6 Å². The number of nitrogens with zero attached hydrogens (tertiary/aromatic N) is 3. The summed E-state index contributed by atoms with van der Waals surface area (Å²) in [7, 11) is 1.88. The number of aromatic nitrogens is 3. The fraction of sp³-hybridized carbons (Fsp3) is 0.167. The summed E-state index contributed by atoms with van der Waals surface area (Å²) in [6, 6.07) is 12.5. The summed E-state index contributed by atoms with van der Waals surface area (Å²) < 4.78 is 1.91. The van der Waals surface area contributed by atoms with Gasteiger partial charge in [0.05, 0.1) is 11.4 Å². The number of hydrogen-bond acceptors (Lipinski definition) is 5. The molecule has 0 saturated carbocycles. The molecule has 0 fully saturated rings. The average Bonchev–Trinajstić information content (AvgIpc) is 2.89. The van der Waals surface area contributed by atoms with E-state index < -0.39 is 0 Å². The second-order valence-corrected chi connectivity index (χ2v) is 6.23. The number of carbonyl (C=O) groups excluding carboxylic acids is 1. The molecule has 3 rings (SSSR count). The van der Waals surface area contributed by atoms with Crippen molar-refractivity contribution in [3.63, 3.8) is 0 Å². The number of nitrogens with one attached hydrogen (secondary N) is 1. The van der Waals surface area contributed by atoms with Crippen LogP contribution in [-0.4, -0.2) is 20.5 Å². The molecule has 3 aromatic rings. The van der Waals surface area contributed by atoms with Crippen LogP contribution in [0.25, 0.3) is 0 Å². The zero-order valence-electron chi connectivity index (χ0n) is 14.0. The van der Waals surface area contributed by atoms with E-state index in [1.165, 1.54) is 0 Å². The minimum atomic E-state index is -0.0309. The second-order valence-electron chi connectivity index (χ2n) is 5.79. The van der Waals surface area contributed by atoms with E-state index in [4.69, 9.17) is 17.4 Å². The fourth-order valence-corrected chi connectivity index (χ4v) is 2.90. The van der Waals surface area contributed by atoms with E-state index in [0.717, 1.165) is 17.0 Å². The van der Waals surface area contributed by atoms with Crippen LogP contribution in [0.1, 0.15) is 33.0 Å². The van der Waals surface area contributed by atoms with Gasteiger partial charge < -0.3 is 9.99 Å². The van der Waals surface area contributed by atoms with Crippen LogP contribution >= 0.6 is 11.6 Å². The predicted octanol–water partition coefficient (Wildman–Crippen LogP) is 2.88. The van der Waals surface area contributed by atoms with Crippen molar-refractivity contribution in [2.24, 2.45) is 12.9 Å². The molecule has 0 saturated heterocycles. The van der Waals surface area contributed by atoms with Crippen molar-refractivity contribution in [2.45, 2.75) is 13.3 Å². The number of aryl methyl sites for hydroxylation is 1. The van der Waals surface area contributed by atoms with Gasteiger partial charge in [0, 0.05) is 29.7 Å². The van der Waals surface area contributed by atoms with Gasteiger partial charge in [0.25, 0.3) is 0 Å². The molecule has 0 aliphatic rings. The van der Waals surface area contributed by atoms with Crippen molar-refractivity contribution in [1.29, 1.82) is 0 Å².